The summed E-state index contributed by atoms with van der Waals surface area (Å²) < 4.78 is 30.1. The van der Waals surface area contributed by atoms with E-state index >= 15 is 0 Å². The van der Waals surface area contributed by atoms with Crippen molar-refractivity contribution >= 4 is 41.4 Å². The van der Waals surface area contributed by atoms with Crippen molar-refractivity contribution in [2.75, 3.05) is 45.2 Å². The first kappa shape index (κ1) is 36.2. The maximum Gasteiger partial charge on any atom is 0.412 e. The van der Waals surface area contributed by atoms with Crippen LogP contribution in [0.3, 0.4) is 0 Å². The Kier molecular flexibility index (Phi) is 12.4. The SMILES string of the molecule is CN(C(=O)CCc1cccc(F)c1Cl)[C@@H](CCC(=O)N1CCN(C(=O)OC(C)(C)C)CC1)COC(=O)Nc1cc(-c2ccccc2)on1. The number of hydrogen-bond donors (Lipinski definition) is 1. The molecule has 1 atom stereocenters. The van der Waals surface area contributed by atoms with E-state index in [-0.39, 0.29) is 54.9 Å². The van der Waals surface area contributed by atoms with E-state index < -0.39 is 29.6 Å². The zero-order chi connectivity index (χ0) is 34.8. The van der Waals surface area contributed by atoms with Crippen molar-refractivity contribution in [2.45, 2.75) is 58.1 Å². The molecular formula is C34H41ClFN5O7. The number of amides is 4. The molecular weight excluding hydrogens is 645 g/mol. The Labute approximate surface area is 284 Å². The lowest BCUT2D eigenvalue weighted by molar-refractivity contribution is -0.136. The van der Waals surface area contributed by atoms with Crippen LogP contribution in [0.4, 0.5) is 19.8 Å². The van der Waals surface area contributed by atoms with Crippen LogP contribution < -0.4 is 5.32 Å². The summed E-state index contributed by atoms with van der Waals surface area (Å²) >= 11 is 6.07. The van der Waals surface area contributed by atoms with Crippen LogP contribution in [0.5, 0.6) is 0 Å². The van der Waals surface area contributed by atoms with Gasteiger partial charge in [0.25, 0.3) is 0 Å². The number of benzene rings is 2. The van der Waals surface area contributed by atoms with Crippen molar-refractivity contribution in [1.82, 2.24) is 19.9 Å². The highest BCUT2D eigenvalue weighted by molar-refractivity contribution is 6.31. The van der Waals surface area contributed by atoms with E-state index in [9.17, 15) is 23.6 Å². The molecule has 1 aromatic heterocycles. The fourth-order valence-corrected chi connectivity index (χ4v) is 5.27. The topological polar surface area (TPSA) is 135 Å². The maximum absolute atomic E-state index is 13.9. The minimum Gasteiger partial charge on any atom is -0.447 e. The summed E-state index contributed by atoms with van der Waals surface area (Å²) in [6.07, 6.45) is -0.756. The Hall–Kier alpha value is -4.65. The summed E-state index contributed by atoms with van der Waals surface area (Å²) in [6.45, 7) is 6.53. The second-order valence-electron chi connectivity index (χ2n) is 12.4. The molecule has 1 N–H and O–H groups in total. The summed E-state index contributed by atoms with van der Waals surface area (Å²) in [5.74, 6) is -0.422. The van der Waals surface area contributed by atoms with Crippen LogP contribution >= 0.6 is 11.6 Å². The van der Waals surface area contributed by atoms with Crippen molar-refractivity contribution in [3.8, 4) is 11.3 Å². The Morgan fingerprint density at radius 3 is 2.40 bits per heavy atom. The van der Waals surface area contributed by atoms with Crippen molar-refractivity contribution in [3.63, 3.8) is 0 Å². The lowest BCUT2D eigenvalue weighted by Crippen LogP contribution is -2.51. The molecule has 0 saturated carbocycles. The Bertz CT molecular complexity index is 1570. The minimum atomic E-state index is -0.815. The average molecular weight is 686 g/mol. The maximum atomic E-state index is 13.9. The third kappa shape index (κ3) is 10.4. The van der Waals surface area contributed by atoms with Gasteiger partial charge in [-0.25, -0.2) is 14.0 Å². The van der Waals surface area contributed by atoms with Gasteiger partial charge in [-0.05, 0) is 45.2 Å². The molecule has 0 unspecified atom stereocenters. The number of aromatic nitrogens is 1. The Balaban J connectivity index is 1.35. The van der Waals surface area contributed by atoms with Gasteiger partial charge in [0.1, 0.15) is 18.0 Å². The molecule has 1 aliphatic rings. The molecule has 1 aliphatic heterocycles. The Morgan fingerprint density at radius 2 is 1.71 bits per heavy atom. The molecule has 1 saturated heterocycles. The van der Waals surface area contributed by atoms with E-state index in [4.69, 9.17) is 25.6 Å². The van der Waals surface area contributed by atoms with Crippen LogP contribution in [0, 0.1) is 5.82 Å². The number of carbonyl (C=O) groups excluding carboxylic acids is 4. The van der Waals surface area contributed by atoms with Gasteiger partial charge in [0.2, 0.25) is 11.8 Å². The number of anilines is 1. The number of aryl methyl sites for hydroxylation is 1. The molecule has 258 valence electrons. The van der Waals surface area contributed by atoms with Gasteiger partial charge >= 0.3 is 12.2 Å². The fraction of sp³-hybridized carbons (Fsp3) is 0.441. The van der Waals surface area contributed by atoms with Crippen LogP contribution in [0.1, 0.15) is 45.6 Å². The number of halogens is 2. The third-order valence-electron chi connectivity index (χ3n) is 7.76. The fourth-order valence-electron chi connectivity index (χ4n) is 5.05. The number of piperazine rings is 1. The molecule has 0 bridgehead atoms. The summed E-state index contributed by atoms with van der Waals surface area (Å²) in [4.78, 5) is 56.2. The highest BCUT2D eigenvalue weighted by Crippen LogP contribution is 2.23. The summed E-state index contributed by atoms with van der Waals surface area (Å²) in [5.41, 5.74) is 0.654. The summed E-state index contributed by atoms with van der Waals surface area (Å²) in [7, 11) is 1.56. The molecule has 3 aromatic rings. The van der Waals surface area contributed by atoms with Crippen LogP contribution in [0.25, 0.3) is 11.3 Å². The molecule has 14 heteroatoms. The van der Waals surface area contributed by atoms with Crippen molar-refractivity contribution in [1.29, 1.82) is 0 Å². The van der Waals surface area contributed by atoms with Gasteiger partial charge in [0.15, 0.2) is 11.6 Å². The van der Waals surface area contributed by atoms with Crippen molar-refractivity contribution in [3.05, 3.63) is 71.0 Å². The van der Waals surface area contributed by atoms with Gasteiger partial charge < -0.3 is 28.7 Å². The third-order valence-corrected chi connectivity index (χ3v) is 8.19. The van der Waals surface area contributed by atoms with E-state index in [1.165, 1.54) is 17.0 Å². The van der Waals surface area contributed by atoms with Gasteiger partial charge in [-0.15, -0.1) is 0 Å². The van der Waals surface area contributed by atoms with Gasteiger partial charge in [0.05, 0.1) is 11.1 Å². The lowest BCUT2D eigenvalue weighted by Gasteiger charge is -2.36. The molecule has 48 heavy (non-hydrogen) atoms. The second-order valence-corrected chi connectivity index (χ2v) is 12.8. The first-order valence-electron chi connectivity index (χ1n) is 15.7. The molecule has 4 rings (SSSR count). The van der Waals surface area contributed by atoms with Crippen LogP contribution in [-0.4, -0.2) is 95.3 Å². The molecule has 2 heterocycles. The van der Waals surface area contributed by atoms with Crippen LogP contribution in [-0.2, 0) is 25.5 Å². The molecule has 2 aromatic carbocycles. The number of nitrogens with zero attached hydrogens (tertiary/aromatic N) is 4. The first-order chi connectivity index (χ1) is 22.8. The summed E-state index contributed by atoms with van der Waals surface area (Å²) in [5, 5.41) is 6.35. The van der Waals surface area contributed by atoms with E-state index in [0.29, 0.717) is 37.5 Å². The van der Waals surface area contributed by atoms with E-state index in [1.807, 2.05) is 30.3 Å². The highest BCUT2D eigenvalue weighted by atomic mass is 35.5. The lowest BCUT2D eigenvalue weighted by atomic mass is 10.1. The van der Waals surface area contributed by atoms with Crippen molar-refractivity contribution in [2.24, 2.45) is 0 Å². The van der Waals surface area contributed by atoms with Crippen LogP contribution in [0.15, 0.2) is 59.1 Å². The number of likely N-dealkylation sites (N-methyl/N-ethyl adjacent to an activating group) is 1. The van der Waals surface area contributed by atoms with Gasteiger partial charge in [-0.2, -0.15) is 0 Å². The molecule has 0 aliphatic carbocycles. The van der Waals surface area contributed by atoms with Gasteiger partial charge in [-0.3, -0.25) is 14.9 Å². The summed E-state index contributed by atoms with van der Waals surface area (Å²) in [6, 6.07) is 14.6. The second kappa shape index (κ2) is 16.4. The smallest absolute Gasteiger partial charge is 0.412 e. The molecule has 12 nitrogen and oxygen atoms in total. The van der Waals surface area contributed by atoms with E-state index in [0.717, 1.165) is 5.56 Å². The van der Waals surface area contributed by atoms with Gasteiger partial charge in [-0.1, -0.05) is 59.2 Å². The number of carbonyl (C=O) groups is 4. The predicted molar refractivity (Wildman–Crippen MR) is 177 cm³/mol. The van der Waals surface area contributed by atoms with Crippen molar-refractivity contribution < 1.29 is 37.6 Å². The van der Waals surface area contributed by atoms with Gasteiger partial charge in [0, 0.05) is 57.7 Å². The first-order valence-corrected chi connectivity index (χ1v) is 16.1. The van der Waals surface area contributed by atoms with Crippen LogP contribution in [0.2, 0.25) is 5.02 Å². The van der Waals surface area contributed by atoms with E-state index in [1.54, 1.807) is 49.8 Å². The number of ether oxygens (including phenoxy) is 2. The molecule has 1 fully saturated rings. The zero-order valence-corrected chi connectivity index (χ0v) is 28.3. The minimum absolute atomic E-state index is 0.0180. The molecule has 0 spiro atoms. The standard InChI is InChI=1S/C34H41ClFN5O7/c1-34(2,3)47-33(45)41-19-17-40(18-20-41)30(43)16-14-25(39(4)29(42)15-13-24-11-8-12-26(36)31(24)35)22-46-32(44)37-28-21-27(48-38-28)23-9-6-5-7-10-23/h5-12,21,25H,13-20,22H2,1-4H3,(H,37,38,44)/t25-/m0/s1. The number of rotatable bonds is 11. The number of nitrogens with one attached hydrogen (secondary N) is 1. The average Bonchev–Trinajstić information content (AvgIpc) is 3.53. The van der Waals surface area contributed by atoms with E-state index in [2.05, 4.69) is 10.5 Å². The predicted octanol–water partition coefficient (Wildman–Crippen LogP) is 6.00. The molecule has 0 radical (unpaired) electrons. The normalized spacial score (nSPS) is 13.9. The Morgan fingerprint density at radius 1 is 1.02 bits per heavy atom. The monoisotopic (exact) mass is 685 g/mol. The highest BCUT2D eigenvalue weighted by Gasteiger charge is 2.29. The largest absolute Gasteiger partial charge is 0.447 e. The number of hydrogen-bond acceptors (Lipinski definition) is 8. The molecule has 4 amide bonds. The quantitative estimate of drug-likeness (QED) is 0.260. The zero-order valence-electron chi connectivity index (χ0n) is 27.5.